The molecule has 0 bridgehead atoms. The first-order valence-corrected chi connectivity index (χ1v) is 6.24. The SMILES string of the molecule is COc1c(F)c(Cl)cc(C2(N=C=O)CCCC2)c1F. The van der Waals surface area contributed by atoms with Crippen molar-refractivity contribution < 1.29 is 18.3 Å². The summed E-state index contributed by atoms with van der Waals surface area (Å²) >= 11 is 5.75. The van der Waals surface area contributed by atoms with Gasteiger partial charge in [0.1, 0.15) is 5.54 Å². The number of aliphatic imine (C=N–C) groups is 1. The van der Waals surface area contributed by atoms with Crippen LogP contribution in [0.3, 0.4) is 0 Å². The molecule has 0 N–H and O–H groups in total. The molecule has 0 spiro atoms. The fourth-order valence-electron chi connectivity index (χ4n) is 2.59. The Morgan fingerprint density at radius 1 is 1.37 bits per heavy atom. The average Bonchev–Trinajstić information content (AvgIpc) is 2.84. The van der Waals surface area contributed by atoms with E-state index in [1.54, 1.807) is 0 Å². The standard InChI is InChI=1S/C13H12ClF2NO2/c1-19-12-10(15)8(6-9(14)11(12)16)13(17-7-18)4-2-3-5-13/h6H,2-5H2,1H3. The van der Waals surface area contributed by atoms with Gasteiger partial charge in [0.25, 0.3) is 0 Å². The van der Waals surface area contributed by atoms with Gasteiger partial charge in [-0.2, -0.15) is 4.99 Å². The molecule has 0 aromatic heterocycles. The minimum absolute atomic E-state index is 0.0941. The van der Waals surface area contributed by atoms with Gasteiger partial charge in [-0.05, 0) is 18.9 Å². The molecule has 2 rings (SSSR count). The van der Waals surface area contributed by atoms with Crippen LogP contribution >= 0.6 is 11.6 Å². The number of carbonyl (C=O) groups excluding carboxylic acids is 1. The van der Waals surface area contributed by atoms with Crippen LogP contribution < -0.4 is 4.74 Å². The minimum Gasteiger partial charge on any atom is -0.491 e. The number of halogens is 3. The molecule has 1 aromatic rings. The number of hydrogen-bond donors (Lipinski definition) is 0. The molecule has 19 heavy (non-hydrogen) atoms. The van der Waals surface area contributed by atoms with Crippen LogP contribution in [-0.4, -0.2) is 13.2 Å². The first-order valence-electron chi connectivity index (χ1n) is 5.87. The van der Waals surface area contributed by atoms with Crippen molar-refractivity contribution in [3.63, 3.8) is 0 Å². The van der Waals surface area contributed by atoms with Gasteiger partial charge in [0.15, 0.2) is 17.4 Å². The van der Waals surface area contributed by atoms with Crippen molar-refractivity contribution >= 4 is 17.7 Å². The number of benzene rings is 1. The zero-order chi connectivity index (χ0) is 14.0. The summed E-state index contributed by atoms with van der Waals surface area (Å²) in [7, 11) is 1.16. The summed E-state index contributed by atoms with van der Waals surface area (Å²) in [4.78, 5) is 14.4. The summed E-state index contributed by atoms with van der Waals surface area (Å²) in [6.07, 6.45) is 4.10. The second-order valence-corrected chi connectivity index (χ2v) is 4.92. The van der Waals surface area contributed by atoms with Gasteiger partial charge >= 0.3 is 0 Å². The van der Waals surface area contributed by atoms with Gasteiger partial charge in [-0.25, -0.2) is 13.6 Å². The lowest BCUT2D eigenvalue weighted by molar-refractivity contribution is 0.346. The highest BCUT2D eigenvalue weighted by atomic mass is 35.5. The molecule has 0 atom stereocenters. The van der Waals surface area contributed by atoms with Gasteiger partial charge in [0.05, 0.1) is 12.1 Å². The van der Waals surface area contributed by atoms with Crippen LogP contribution in [0, 0.1) is 11.6 Å². The Bertz CT molecular complexity index is 550. The molecule has 0 heterocycles. The Hall–Kier alpha value is -1.45. The molecule has 0 unspecified atom stereocenters. The zero-order valence-corrected chi connectivity index (χ0v) is 11.1. The third-order valence-corrected chi connectivity index (χ3v) is 3.79. The van der Waals surface area contributed by atoms with Crippen molar-refractivity contribution in [3.8, 4) is 5.75 Å². The van der Waals surface area contributed by atoms with E-state index in [1.165, 1.54) is 12.1 Å². The maximum absolute atomic E-state index is 14.3. The number of hydrogen-bond acceptors (Lipinski definition) is 3. The average molecular weight is 288 g/mol. The van der Waals surface area contributed by atoms with Crippen molar-refractivity contribution in [3.05, 3.63) is 28.3 Å². The summed E-state index contributed by atoms with van der Waals surface area (Å²) in [5.41, 5.74) is -0.909. The van der Waals surface area contributed by atoms with Crippen LogP contribution in [0.25, 0.3) is 0 Å². The Morgan fingerprint density at radius 3 is 2.53 bits per heavy atom. The summed E-state index contributed by atoms with van der Waals surface area (Å²) < 4.78 is 32.7. The molecule has 1 aliphatic rings. The number of rotatable bonds is 3. The van der Waals surface area contributed by atoms with E-state index >= 15 is 0 Å². The van der Waals surface area contributed by atoms with Crippen molar-refractivity contribution in [2.45, 2.75) is 31.2 Å². The van der Waals surface area contributed by atoms with Crippen LogP contribution in [0.4, 0.5) is 8.78 Å². The Labute approximate surface area is 114 Å². The molecule has 1 fully saturated rings. The highest BCUT2D eigenvalue weighted by Crippen LogP contribution is 2.46. The Balaban J connectivity index is 2.67. The largest absolute Gasteiger partial charge is 0.491 e. The van der Waals surface area contributed by atoms with Crippen molar-refractivity contribution in [2.75, 3.05) is 7.11 Å². The third-order valence-electron chi connectivity index (χ3n) is 3.51. The molecule has 0 amide bonds. The number of ether oxygens (including phenoxy) is 1. The predicted octanol–water partition coefficient (Wildman–Crippen LogP) is 3.73. The Kier molecular flexibility index (Phi) is 3.88. The maximum atomic E-state index is 14.3. The Morgan fingerprint density at radius 2 is 2.00 bits per heavy atom. The smallest absolute Gasteiger partial charge is 0.235 e. The molecule has 0 aliphatic heterocycles. The highest BCUT2D eigenvalue weighted by Gasteiger charge is 2.40. The minimum atomic E-state index is -1.00. The lowest BCUT2D eigenvalue weighted by Gasteiger charge is -2.24. The normalized spacial score (nSPS) is 17.1. The van der Waals surface area contributed by atoms with E-state index in [-0.39, 0.29) is 10.6 Å². The number of nitrogens with zero attached hydrogens (tertiary/aromatic N) is 1. The first-order chi connectivity index (χ1) is 9.05. The molecular weight excluding hydrogens is 276 g/mol. The third kappa shape index (κ3) is 2.24. The van der Waals surface area contributed by atoms with Crippen LogP contribution in [0.15, 0.2) is 11.1 Å². The van der Waals surface area contributed by atoms with E-state index < -0.39 is 22.9 Å². The summed E-state index contributed by atoms with van der Waals surface area (Å²) in [5, 5.41) is -0.249. The zero-order valence-electron chi connectivity index (χ0n) is 10.3. The van der Waals surface area contributed by atoms with E-state index in [0.717, 1.165) is 20.0 Å². The van der Waals surface area contributed by atoms with Gasteiger partial charge in [-0.3, -0.25) is 0 Å². The van der Waals surface area contributed by atoms with Crippen molar-refractivity contribution in [1.82, 2.24) is 0 Å². The van der Waals surface area contributed by atoms with E-state index in [1.807, 2.05) is 0 Å². The summed E-state index contributed by atoms with van der Waals surface area (Å²) in [6, 6.07) is 1.18. The van der Waals surface area contributed by atoms with Gasteiger partial charge < -0.3 is 4.74 Å². The molecule has 0 saturated heterocycles. The van der Waals surface area contributed by atoms with Gasteiger partial charge in [0, 0.05) is 5.56 Å². The monoisotopic (exact) mass is 287 g/mol. The topological polar surface area (TPSA) is 38.7 Å². The quantitative estimate of drug-likeness (QED) is 0.483. The van der Waals surface area contributed by atoms with Gasteiger partial charge in [0.2, 0.25) is 6.08 Å². The van der Waals surface area contributed by atoms with Crippen LogP contribution in [0.2, 0.25) is 5.02 Å². The van der Waals surface area contributed by atoms with E-state index in [4.69, 9.17) is 16.3 Å². The molecule has 102 valence electrons. The van der Waals surface area contributed by atoms with Gasteiger partial charge in [-0.15, -0.1) is 0 Å². The number of isocyanates is 1. The lowest BCUT2D eigenvalue weighted by Crippen LogP contribution is -2.21. The van der Waals surface area contributed by atoms with Crippen LogP contribution in [0.5, 0.6) is 5.75 Å². The molecule has 6 heteroatoms. The molecule has 0 radical (unpaired) electrons. The van der Waals surface area contributed by atoms with E-state index in [0.29, 0.717) is 12.8 Å². The molecule has 3 nitrogen and oxygen atoms in total. The fraction of sp³-hybridized carbons (Fsp3) is 0.462. The molecule has 1 saturated carbocycles. The lowest BCUT2D eigenvalue weighted by atomic mass is 9.88. The van der Waals surface area contributed by atoms with Crippen molar-refractivity contribution in [1.29, 1.82) is 0 Å². The second kappa shape index (κ2) is 5.27. The summed E-state index contributed by atoms with van der Waals surface area (Å²) in [5.74, 6) is -2.35. The second-order valence-electron chi connectivity index (χ2n) is 4.51. The van der Waals surface area contributed by atoms with Crippen LogP contribution in [-0.2, 0) is 10.3 Å². The highest BCUT2D eigenvalue weighted by molar-refractivity contribution is 6.31. The van der Waals surface area contributed by atoms with E-state index in [2.05, 4.69) is 4.99 Å². The number of methoxy groups -OCH3 is 1. The molecule has 1 aromatic carbocycles. The van der Waals surface area contributed by atoms with Crippen molar-refractivity contribution in [2.24, 2.45) is 4.99 Å². The summed E-state index contributed by atoms with van der Waals surface area (Å²) in [6.45, 7) is 0. The van der Waals surface area contributed by atoms with Crippen LogP contribution in [0.1, 0.15) is 31.2 Å². The fourth-order valence-corrected chi connectivity index (χ4v) is 2.78. The van der Waals surface area contributed by atoms with E-state index in [9.17, 15) is 13.6 Å². The molecular formula is C13H12ClF2NO2. The maximum Gasteiger partial charge on any atom is 0.235 e. The van der Waals surface area contributed by atoms with Gasteiger partial charge in [-0.1, -0.05) is 24.4 Å². The predicted molar refractivity (Wildman–Crippen MR) is 66.2 cm³/mol. The first kappa shape index (κ1) is 14.0. The molecule has 1 aliphatic carbocycles.